The Hall–Kier alpha value is -1.95. The zero-order valence-electron chi connectivity index (χ0n) is 10.6. The van der Waals surface area contributed by atoms with Gasteiger partial charge >= 0.3 is 0 Å². The fourth-order valence-electron chi connectivity index (χ4n) is 2.48. The minimum absolute atomic E-state index is 0.0956. The first kappa shape index (κ1) is 13.1. The Labute approximate surface area is 119 Å². The molecule has 0 unspecified atom stereocenters. The van der Waals surface area contributed by atoms with E-state index >= 15 is 0 Å². The normalized spacial score (nSPS) is 15.7. The number of nitro groups is 1. The monoisotopic (exact) mass is 293 g/mol. The van der Waals surface area contributed by atoms with Crippen molar-refractivity contribution in [1.29, 1.82) is 0 Å². The van der Waals surface area contributed by atoms with E-state index in [1.165, 1.54) is 25.0 Å². The van der Waals surface area contributed by atoms with Gasteiger partial charge in [-0.3, -0.25) is 10.1 Å². The third-order valence-electron chi connectivity index (χ3n) is 3.55. The summed E-state index contributed by atoms with van der Waals surface area (Å²) in [6.07, 6.45) is 4.47. The van der Waals surface area contributed by atoms with Gasteiger partial charge in [-0.1, -0.05) is 29.6 Å². The van der Waals surface area contributed by atoms with Gasteiger partial charge < -0.3 is 4.52 Å². The molecule has 0 radical (unpaired) electrons. The van der Waals surface area contributed by atoms with E-state index in [-0.39, 0.29) is 10.7 Å². The molecular weight excluding hydrogens is 282 g/mol. The van der Waals surface area contributed by atoms with Crippen LogP contribution < -0.4 is 0 Å². The molecule has 0 saturated heterocycles. The molecule has 1 aliphatic rings. The maximum atomic E-state index is 10.9. The predicted molar refractivity (Wildman–Crippen MR) is 72.6 cm³/mol. The van der Waals surface area contributed by atoms with Crippen LogP contribution >= 0.6 is 11.6 Å². The molecule has 1 aromatic heterocycles. The molecular formula is C13H12ClN3O3. The average molecular weight is 294 g/mol. The Morgan fingerprint density at radius 1 is 1.35 bits per heavy atom. The molecule has 3 rings (SSSR count). The Morgan fingerprint density at radius 2 is 2.10 bits per heavy atom. The van der Waals surface area contributed by atoms with Crippen LogP contribution in [0, 0.1) is 10.1 Å². The smallest absolute Gasteiger partial charge is 0.288 e. The molecule has 1 aromatic carbocycles. The van der Waals surface area contributed by atoms with Crippen molar-refractivity contribution in [3.05, 3.63) is 39.2 Å². The number of halogens is 1. The zero-order chi connectivity index (χ0) is 14.1. The summed E-state index contributed by atoms with van der Waals surface area (Å²) in [5.41, 5.74) is 0.380. The molecule has 0 N–H and O–H groups in total. The first-order chi connectivity index (χ1) is 9.65. The van der Waals surface area contributed by atoms with Crippen molar-refractivity contribution in [1.82, 2.24) is 10.1 Å². The number of hydrogen-bond donors (Lipinski definition) is 0. The largest absolute Gasteiger partial charge is 0.339 e. The number of rotatable bonds is 3. The Balaban J connectivity index is 1.93. The SMILES string of the molecule is O=[N+]([O-])c1cc(-c2noc(C3CCCC3)n2)ccc1Cl. The second-order valence-corrected chi connectivity index (χ2v) is 5.27. The fourth-order valence-corrected chi connectivity index (χ4v) is 2.67. The molecule has 104 valence electrons. The van der Waals surface area contributed by atoms with Gasteiger partial charge in [0, 0.05) is 17.5 Å². The summed E-state index contributed by atoms with van der Waals surface area (Å²) in [6.45, 7) is 0. The summed E-state index contributed by atoms with van der Waals surface area (Å²) in [4.78, 5) is 14.7. The minimum Gasteiger partial charge on any atom is -0.339 e. The molecule has 2 aromatic rings. The van der Waals surface area contributed by atoms with Crippen LogP contribution in [0.15, 0.2) is 22.7 Å². The van der Waals surface area contributed by atoms with E-state index in [1.54, 1.807) is 6.07 Å². The Bertz CT molecular complexity index is 650. The highest BCUT2D eigenvalue weighted by Gasteiger charge is 2.24. The van der Waals surface area contributed by atoms with Crippen LogP contribution in [0.5, 0.6) is 0 Å². The highest BCUT2D eigenvalue weighted by molar-refractivity contribution is 6.32. The summed E-state index contributed by atoms with van der Waals surface area (Å²) in [6, 6.07) is 4.49. The first-order valence-corrected chi connectivity index (χ1v) is 6.81. The summed E-state index contributed by atoms with van der Waals surface area (Å²) >= 11 is 5.78. The van der Waals surface area contributed by atoms with Gasteiger partial charge in [-0.2, -0.15) is 4.98 Å². The lowest BCUT2D eigenvalue weighted by Crippen LogP contribution is -1.93. The van der Waals surface area contributed by atoms with Gasteiger partial charge in [0.2, 0.25) is 11.7 Å². The van der Waals surface area contributed by atoms with Crippen LogP contribution in [0.4, 0.5) is 5.69 Å². The third kappa shape index (κ3) is 2.38. The van der Waals surface area contributed by atoms with Crippen molar-refractivity contribution in [3.63, 3.8) is 0 Å². The van der Waals surface area contributed by atoms with Gasteiger partial charge in [-0.25, -0.2) is 0 Å². The Kier molecular flexibility index (Phi) is 3.40. The second-order valence-electron chi connectivity index (χ2n) is 4.86. The second kappa shape index (κ2) is 5.20. The van der Waals surface area contributed by atoms with E-state index in [2.05, 4.69) is 10.1 Å². The van der Waals surface area contributed by atoms with Crippen LogP contribution in [0.25, 0.3) is 11.4 Å². The molecule has 1 aliphatic carbocycles. The predicted octanol–water partition coefficient (Wildman–Crippen LogP) is 3.96. The van der Waals surface area contributed by atoms with E-state index < -0.39 is 4.92 Å². The van der Waals surface area contributed by atoms with E-state index in [4.69, 9.17) is 16.1 Å². The maximum absolute atomic E-state index is 10.9. The fraction of sp³-hybridized carbons (Fsp3) is 0.385. The van der Waals surface area contributed by atoms with Crippen molar-refractivity contribution in [3.8, 4) is 11.4 Å². The molecule has 0 bridgehead atoms. The first-order valence-electron chi connectivity index (χ1n) is 6.43. The van der Waals surface area contributed by atoms with Gasteiger partial charge in [0.1, 0.15) is 5.02 Å². The number of benzene rings is 1. The molecule has 1 heterocycles. The van der Waals surface area contributed by atoms with Crippen LogP contribution in [0.2, 0.25) is 5.02 Å². The van der Waals surface area contributed by atoms with Gasteiger partial charge in [-0.15, -0.1) is 0 Å². The van der Waals surface area contributed by atoms with Gasteiger partial charge in [0.05, 0.1) is 4.92 Å². The zero-order valence-corrected chi connectivity index (χ0v) is 11.3. The lowest BCUT2D eigenvalue weighted by atomic mass is 10.1. The number of aromatic nitrogens is 2. The van der Waals surface area contributed by atoms with Crippen LogP contribution in [-0.2, 0) is 0 Å². The van der Waals surface area contributed by atoms with E-state index in [9.17, 15) is 10.1 Å². The number of hydrogen-bond acceptors (Lipinski definition) is 5. The highest BCUT2D eigenvalue weighted by atomic mass is 35.5. The molecule has 0 amide bonds. The van der Waals surface area contributed by atoms with Gasteiger partial charge in [0.25, 0.3) is 5.69 Å². The van der Waals surface area contributed by atoms with E-state index in [1.807, 2.05) is 0 Å². The lowest BCUT2D eigenvalue weighted by Gasteiger charge is -1.99. The topological polar surface area (TPSA) is 82.1 Å². The van der Waals surface area contributed by atoms with Crippen molar-refractivity contribution in [2.45, 2.75) is 31.6 Å². The molecule has 0 atom stereocenters. The van der Waals surface area contributed by atoms with Crippen LogP contribution in [0.3, 0.4) is 0 Å². The van der Waals surface area contributed by atoms with Gasteiger partial charge in [0.15, 0.2) is 0 Å². The van der Waals surface area contributed by atoms with Crippen LogP contribution in [0.1, 0.15) is 37.5 Å². The van der Waals surface area contributed by atoms with Gasteiger partial charge in [-0.05, 0) is 25.0 Å². The molecule has 1 saturated carbocycles. The quantitative estimate of drug-likeness (QED) is 0.632. The molecule has 7 heteroatoms. The molecule has 0 spiro atoms. The Morgan fingerprint density at radius 3 is 2.80 bits per heavy atom. The third-order valence-corrected chi connectivity index (χ3v) is 3.87. The number of nitro benzene ring substituents is 1. The summed E-state index contributed by atoms with van der Waals surface area (Å²) in [5.74, 6) is 1.31. The van der Waals surface area contributed by atoms with Crippen molar-refractivity contribution >= 4 is 17.3 Å². The van der Waals surface area contributed by atoms with Crippen molar-refractivity contribution < 1.29 is 9.45 Å². The van der Waals surface area contributed by atoms with Crippen molar-refractivity contribution in [2.75, 3.05) is 0 Å². The maximum Gasteiger partial charge on any atom is 0.288 e. The molecule has 0 aliphatic heterocycles. The summed E-state index contributed by atoms with van der Waals surface area (Å²) in [7, 11) is 0. The molecule has 1 fully saturated rings. The standard InChI is InChI=1S/C13H12ClN3O3/c14-10-6-5-9(7-11(10)17(18)19)12-15-13(20-16-12)8-3-1-2-4-8/h5-8H,1-4H2. The van der Waals surface area contributed by atoms with Crippen molar-refractivity contribution in [2.24, 2.45) is 0 Å². The number of nitrogens with zero attached hydrogens (tertiary/aromatic N) is 3. The molecule has 20 heavy (non-hydrogen) atoms. The van der Waals surface area contributed by atoms with E-state index in [0.717, 1.165) is 12.8 Å². The highest BCUT2D eigenvalue weighted by Crippen LogP contribution is 2.34. The summed E-state index contributed by atoms with van der Waals surface area (Å²) in [5, 5.41) is 14.9. The average Bonchev–Trinajstić information content (AvgIpc) is 3.09. The molecule has 6 nitrogen and oxygen atoms in total. The van der Waals surface area contributed by atoms with E-state index in [0.29, 0.717) is 23.2 Å². The minimum atomic E-state index is -0.524. The van der Waals surface area contributed by atoms with Crippen LogP contribution in [-0.4, -0.2) is 15.1 Å². The lowest BCUT2D eigenvalue weighted by molar-refractivity contribution is -0.384. The summed E-state index contributed by atoms with van der Waals surface area (Å²) < 4.78 is 5.27.